The fraction of sp³-hybridized carbons (Fsp3) is 0.333. The number of nitrogens with one attached hydrogen (secondary N) is 1. The molecular formula is C21H23N3O4S. The number of benzene rings is 1. The molecule has 1 atom stereocenters. The minimum Gasteiger partial charge on any atom is -0.464 e. The van der Waals surface area contributed by atoms with Crippen LogP contribution in [0.3, 0.4) is 0 Å². The second-order valence-electron chi connectivity index (χ2n) is 7.21. The predicted octanol–water partition coefficient (Wildman–Crippen LogP) is 3.78. The molecule has 1 amide bonds. The Kier molecular flexibility index (Phi) is 6.12. The molecule has 0 aliphatic carbocycles. The Bertz CT molecular complexity index is 1100. The number of carbonyl (C=O) groups is 2. The predicted molar refractivity (Wildman–Crippen MR) is 114 cm³/mol. The number of amides is 1. The van der Waals surface area contributed by atoms with Crippen molar-refractivity contribution in [2.45, 2.75) is 33.7 Å². The molecule has 0 aliphatic rings. The molecule has 7 nitrogen and oxygen atoms in total. The Hall–Kier alpha value is -3.00. The zero-order valence-electron chi connectivity index (χ0n) is 16.8. The molecule has 2 aromatic heterocycles. The van der Waals surface area contributed by atoms with Crippen LogP contribution in [0.1, 0.15) is 42.0 Å². The lowest BCUT2D eigenvalue weighted by Gasteiger charge is -2.15. The quantitative estimate of drug-likeness (QED) is 0.621. The van der Waals surface area contributed by atoms with Crippen LogP contribution in [-0.4, -0.2) is 28.0 Å². The molecular weight excluding hydrogens is 390 g/mol. The molecule has 0 saturated heterocycles. The fourth-order valence-electron chi connectivity index (χ4n) is 2.82. The van der Waals surface area contributed by atoms with Gasteiger partial charge in [-0.3, -0.25) is 14.2 Å². The molecule has 2 heterocycles. The summed E-state index contributed by atoms with van der Waals surface area (Å²) in [5, 5.41) is 3.17. The van der Waals surface area contributed by atoms with Gasteiger partial charge in [0.05, 0.1) is 23.2 Å². The molecule has 1 aromatic carbocycles. The van der Waals surface area contributed by atoms with Crippen LogP contribution in [0.4, 0.5) is 5.69 Å². The molecule has 152 valence electrons. The lowest BCUT2D eigenvalue weighted by molar-refractivity contribution is -0.148. The minimum atomic E-state index is -0.806. The Balaban J connectivity index is 1.92. The largest absolute Gasteiger partial charge is 0.464 e. The summed E-state index contributed by atoms with van der Waals surface area (Å²) in [4.78, 5) is 43.2. The molecule has 0 bridgehead atoms. The normalized spacial score (nSPS) is 12.2. The van der Waals surface area contributed by atoms with Crippen molar-refractivity contribution in [3.63, 3.8) is 0 Å². The summed E-state index contributed by atoms with van der Waals surface area (Å²) in [6.07, 6.45) is 1.33. The summed E-state index contributed by atoms with van der Waals surface area (Å²) in [7, 11) is 0. The maximum absolute atomic E-state index is 13.0. The van der Waals surface area contributed by atoms with E-state index in [1.54, 1.807) is 26.0 Å². The van der Waals surface area contributed by atoms with Crippen molar-refractivity contribution in [2.24, 2.45) is 5.92 Å². The number of thiophene rings is 1. The number of nitrogens with zero attached hydrogens (tertiary/aromatic N) is 2. The van der Waals surface area contributed by atoms with E-state index in [0.29, 0.717) is 26.3 Å². The SMILES string of the molecule is Cc1c(C(=O)Nc2ccccc2)sc2ncn([C@@H](C)C(=O)OCC(C)C)c(=O)c12. The van der Waals surface area contributed by atoms with Gasteiger partial charge in [0.1, 0.15) is 10.9 Å². The lowest BCUT2D eigenvalue weighted by atomic mass is 10.2. The van der Waals surface area contributed by atoms with Crippen LogP contribution in [0.5, 0.6) is 0 Å². The highest BCUT2D eigenvalue weighted by atomic mass is 32.1. The van der Waals surface area contributed by atoms with E-state index in [0.717, 1.165) is 11.3 Å². The van der Waals surface area contributed by atoms with Crippen LogP contribution in [0.2, 0.25) is 0 Å². The van der Waals surface area contributed by atoms with Crippen molar-refractivity contribution in [1.29, 1.82) is 0 Å². The van der Waals surface area contributed by atoms with Gasteiger partial charge in [-0.25, -0.2) is 9.78 Å². The highest BCUT2D eigenvalue weighted by Crippen LogP contribution is 2.28. The first-order valence-corrected chi connectivity index (χ1v) is 10.1. The van der Waals surface area contributed by atoms with E-state index in [4.69, 9.17) is 4.74 Å². The van der Waals surface area contributed by atoms with Crippen LogP contribution in [-0.2, 0) is 9.53 Å². The van der Waals surface area contributed by atoms with Gasteiger partial charge >= 0.3 is 5.97 Å². The second-order valence-corrected chi connectivity index (χ2v) is 8.21. The van der Waals surface area contributed by atoms with E-state index in [-0.39, 0.29) is 24.0 Å². The summed E-state index contributed by atoms with van der Waals surface area (Å²) in [6, 6.07) is 8.28. The van der Waals surface area contributed by atoms with Gasteiger partial charge in [0.2, 0.25) is 0 Å². The van der Waals surface area contributed by atoms with Crippen LogP contribution in [0, 0.1) is 12.8 Å². The van der Waals surface area contributed by atoms with E-state index in [2.05, 4.69) is 10.3 Å². The number of hydrogen-bond acceptors (Lipinski definition) is 6. The standard InChI is InChI=1S/C21H23N3O4S/c1-12(2)10-28-21(27)14(4)24-11-22-19-16(20(24)26)13(3)17(29-19)18(25)23-15-8-6-5-7-9-15/h5-9,11-12,14H,10H2,1-4H3,(H,23,25)/t14-/m0/s1. The van der Waals surface area contributed by atoms with E-state index < -0.39 is 12.0 Å². The third-order valence-electron chi connectivity index (χ3n) is 4.43. The van der Waals surface area contributed by atoms with Crippen LogP contribution in [0.25, 0.3) is 10.2 Å². The van der Waals surface area contributed by atoms with Crippen molar-refractivity contribution in [2.75, 3.05) is 11.9 Å². The Morgan fingerprint density at radius 1 is 1.21 bits per heavy atom. The topological polar surface area (TPSA) is 90.3 Å². The Morgan fingerprint density at radius 3 is 2.55 bits per heavy atom. The number of ether oxygens (including phenoxy) is 1. The smallest absolute Gasteiger partial charge is 0.329 e. The number of aryl methyl sites for hydroxylation is 1. The van der Waals surface area contributed by atoms with Crippen LogP contribution >= 0.6 is 11.3 Å². The highest BCUT2D eigenvalue weighted by molar-refractivity contribution is 7.20. The molecule has 1 N–H and O–H groups in total. The Morgan fingerprint density at radius 2 is 1.90 bits per heavy atom. The number of aromatic nitrogens is 2. The van der Waals surface area contributed by atoms with Gasteiger partial charge in [-0.2, -0.15) is 0 Å². The molecule has 0 aliphatic heterocycles. The summed E-state index contributed by atoms with van der Waals surface area (Å²) in [5.41, 5.74) is 0.853. The first kappa shape index (κ1) is 20.7. The summed E-state index contributed by atoms with van der Waals surface area (Å²) < 4.78 is 6.49. The summed E-state index contributed by atoms with van der Waals surface area (Å²) in [6.45, 7) is 7.48. The molecule has 3 aromatic rings. The van der Waals surface area contributed by atoms with E-state index in [9.17, 15) is 14.4 Å². The van der Waals surface area contributed by atoms with Gasteiger partial charge in [0.15, 0.2) is 0 Å². The third kappa shape index (κ3) is 4.37. The fourth-order valence-corrected chi connectivity index (χ4v) is 3.86. The molecule has 3 rings (SSSR count). The van der Waals surface area contributed by atoms with Gasteiger partial charge in [0.25, 0.3) is 11.5 Å². The third-order valence-corrected chi connectivity index (χ3v) is 5.63. The van der Waals surface area contributed by atoms with Gasteiger partial charge in [0, 0.05) is 5.69 Å². The average molecular weight is 413 g/mol. The molecule has 29 heavy (non-hydrogen) atoms. The number of rotatable bonds is 6. The van der Waals surface area contributed by atoms with Gasteiger partial charge < -0.3 is 10.1 Å². The summed E-state index contributed by atoms with van der Waals surface area (Å²) >= 11 is 1.16. The van der Waals surface area contributed by atoms with Crippen LogP contribution < -0.4 is 10.9 Å². The maximum Gasteiger partial charge on any atom is 0.329 e. The molecule has 0 saturated carbocycles. The number of hydrogen-bond donors (Lipinski definition) is 1. The van der Waals surface area contributed by atoms with E-state index in [1.165, 1.54) is 10.9 Å². The monoisotopic (exact) mass is 413 g/mol. The van der Waals surface area contributed by atoms with Crippen LogP contribution in [0.15, 0.2) is 41.5 Å². The summed E-state index contributed by atoms with van der Waals surface area (Å²) in [5.74, 6) is -0.586. The molecule has 8 heteroatoms. The van der Waals surface area contributed by atoms with Crippen molar-refractivity contribution >= 4 is 39.1 Å². The maximum atomic E-state index is 13.0. The van der Waals surface area contributed by atoms with Crippen molar-refractivity contribution in [3.8, 4) is 0 Å². The molecule has 0 fully saturated rings. The number of para-hydroxylation sites is 1. The zero-order chi connectivity index (χ0) is 21.1. The first-order chi connectivity index (χ1) is 13.8. The van der Waals surface area contributed by atoms with Gasteiger partial charge in [-0.1, -0.05) is 32.0 Å². The number of carbonyl (C=O) groups excluding carboxylic acids is 2. The van der Waals surface area contributed by atoms with Gasteiger partial charge in [-0.05, 0) is 37.5 Å². The lowest BCUT2D eigenvalue weighted by Crippen LogP contribution is -2.30. The zero-order valence-corrected chi connectivity index (χ0v) is 17.6. The van der Waals surface area contributed by atoms with Crippen molar-refractivity contribution < 1.29 is 14.3 Å². The van der Waals surface area contributed by atoms with E-state index >= 15 is 0 Å². The average Bonchev–Trinajstić information content (AvgIpc) is 3.04. The number of fused-ring (bicyclic) bond motifs is 1. The van der Waals surface area contributed by atoms with Gasteiger partial charge in [-0.15, -0.1) is 11.3 Å². The molecule has 0 spiro atoms. The highest BCUT2D eigenvalue weighted by Gasteiger charge is 2.23. The molecule has 0 unspecified atom stereocenters. The minimum absolute atomic E-state index is 0.202. The second kappa shape index (κ2) is 8.57. The Labute approximate surface area is 172 Å². The number of anilines is 1. The van der Waals surface area contributed by atoms with E-state index in [1.807, 2.05) is 32.0 Å². The molecule has 0 radical (unpaired) electrons. The van der Waals surface area contributed by atoms with Crippen molar-refractivity contribution in [3.05, 3.63) is 57.5 Å². The van der Waals surface area contributed by atoms with Crippen molar-refractivity contribution in [1.82, 2.24) is 9.55 Å². The number of esters is 1. The first-order valence-electron chi connectivity index (χ1n) is 9.32.